The molecule has 4 heteroatoms. The van der Waals surface area contributed by atoms with E-state index in [9.17, 15) is 9.59 Å². The topological polar surface area (TPSA) is 46.6 Å². The van der Waals surface area contributed by atoms with Crippen molar-refractivity contribution >= 4 is 12.3 Å². The highest BCUT2D eigenvalue weighted by Gasteiger charge is 2.06. The summed E-state index contributed by atoms with van der Waals surface area (Å²) in [6.07, 6.45) is 1.55. The molecular formula is C7H11NO3. The molecule has 62 valence electrons. The number of carbonyl (C=O) groups is 2. The van der Waals surface area contributed by atoms with Crippen LogP contribution in [-0.4, -0.2) is 37.5 Å². The van der Waals surface area contributed by atoms with Crippen LogP contribution in [0.2, 0.25) is 0 Å². The Kier molecular flexibility index (Phi) is 5.02. The summed E-state index contributed by atoms with van der Waals surface area (Å²) in [4.78, 5) is 22.0. The Morgan fingerprint density at radius 3 is 2.73 bits per heavy atom. The Bertz CT molecular complexity index is 156. The number of rotatable bonds is 5. The fourth-order valence-corrected chi connectivity index (χ4v) is 0.522. The van der Waals surface area contributed by atoms with Gasteiger partial charge >= 0.3 is 0 Å². The zero-order valence-corrected chi connectivity index (χ0v) is 6.45. The van der Waals surface area contributed by atoms with Crippen molar-refractivity contribution in [3.05, 3.63) is 12.7 Å². The third-order valence-corrected chi connectivity index (χ3v) is 1.12. The molecule has 0 rings (SSSR count). The normalized spacial score (nSPS) is 8.82. The molecule has 0 fully saturated rings. The first-order chi connectivity index (χ1) is 5.26. The third-order valence-electron chi connectivity index (χ3n) is 1.12. The fraction of sp³-hybridized carbons (Fsp3) is 0.429. The predicted octanol–water partition coefficient (Wildman–Crippen LogP) is -0.196. The summed E-state index contributed by atoms with van der Waals surface area (Å²) in [5.74, 6) is -0.406. The Hall–Kier alpha value is -1.16. The molecule has 0 aromatic carbocycles. The summed E-state index contributed by atoms with van der Waals surface area (Å²) in [5, 5.41) is 0. The van der Waals surface area contributed by atoms with Crippen LogP contribution >= 0.6 is 0 Å². The van der Waals surface area contributed by atoms with Crippen LogP contribution in [0.4, 0.5) is 0 Å². The lowest BCUT2D eigenvalue weighted by Gasteiger charge is -2.11. The molecule has 0 saturated heterocycles. The molecule has 0 aliphatic carbocycles. The lowest BCUT2D eigenvalue weighted by Crippen LogP contribution is -2.30. The maximum atomic E-state index is 10.8. The van der Waals surface area contributed by atoms with Crippen LogP contribution in [0.1, 0.15) is 0 Å². The minimum Gasteiger partial charge on any atom is -0.383 e. The van der Waals surface area contributed by atoms with E-state index in [2.05, 4.69) is 11.3 Å². The van der Waals surface area contributed by atoms with E-state index in [-0.39, 0.29) is 6.54 Å². The molecule has 11 heavy (non-hydrogen) atoms. The Morgan fingerprint density at radius 2 is 2.36 bits per heavy atom. The molecule has 0 radical (unpaired) electrons. The van der Waals surface area contributed by atoms with E-state index in [0.717, 1.165) is 11.0 Å². The van der Waals surface area contributed by atoms with E-state index in [1.54, 1.807) is 0 Å². The van der Waals surface area contributed by atoms with E-state index in [0.29, 0.717) is 13.0 Å². The molecular weight excluding hydrogens is 146 g/mol. The SMILES string of the molecule is C=CC(=O)N(C=O)CCOC. The third kappa shape index (κ3) is 3.52. The largest absolute Gasteiger partial charge is 0.383 e. The predicted molar refractivity (Wildman–Crippen MR) is 39.9 cm³/mol. The van der Waals surface area contributed by atoms with Gasteiger partial charge in [-0.05, 0) is 6.08 Å². The van der Waals surface area contributed by atoms with Crippen LogP contribution in [0.3, 0.4) is 0 Å². The first-order valence-corrected chi connectivity index (χ1v) is 3.13. The highest BCUT2D eigenvalue weighted by atomic mass is 16.5. The van der Waals surface area contributed by atoms with Crippen LogP contribution in [0.15, 0.2) is 12.7 Å². The second-order valence-electron chi connectivity index (χ2n) is 1.83. The second-order valence-corrected chi connectivity index (χ2v) is 1.83. The number of ether oxygens (including phenoxy) is 1. The van der Waals surface area contributed by atoms with Crippen LogP contribution in [-0.2, 0) is 14.3 Å². The molecule has 0 saturated carbocycles. The van der Waals surface area contributed by atoms with Crippen LogP contribution < -0.4 is 0 Å². The molecule has 0 aromatic heterocycles. The number of carbonyl (C=O) groups excluding carboxylic acids is 2. The number of nitrogens with zero attached hydrogens (tertiary/aromatic N) is 1. The number of methoxy groups -OCH3 is 1. The molecule has 0 aliphatic rings. The average molecular weight is 157 g/mol. The summed E-state index contributed by atoms with van der Waals surface area (Å²) in [7, 11) is 1.50. The number of amides is 2. The molecule has 2 amide bonds. The van der Waals surface area contributed by atoms with Gasteiger partial charge in [-0.3, -0.25) is 14.5 Å². The monoisotopic (exact) mass is 157 g/mol. The number of hydrogen-bond acceptors (Lipinski definition) is 3. The van der Waals surface area contributed by atoms with Gasteiger partial charge in [-0.25, -0.2) is 0 Å². The van der Waals surface area contributed by atoms with Gasteiger partial charge in [-0.15, -0.1) is 0 Å². The van der Waals surface area contributed by atoms with Gasteiger partial charge < -0.3 is 4.74 Å². The van der Waals surface area contributed by atoms with Gasteiger partial charge in [-0.2, -0.15) is 0 Å². The first-order valence-electron chi connectivity index (χ1n) is 3.13. The lowest BCUT2D eigenvalue weighted by atomic mass is 10.5. The van der Waals surface area contributed by atoms with Crippen LogP contribution in [0, 0.1) is 0 Å². The molecule has 0 aromatic rings. The van der Waals surface area contributed by atoms with E-state index in [1.165, 1.54) is 7.11 Å². The van der Waals surface area contributed by atoms with Gasteiger partial charge in [0.05, 0.1) is 13.2 Å². The first kappa shape index (κ1) is 9.84. The minimum absolute atomic E-state index is 0.269. The van der Waals surface area contributed by atoms with Crippen LogP contribution in [0.5, 0.6) is 0 Å². The molecule has 0 unspecified atom stereocenters. The Morgan fingerprint density at radius 1 is 1.73 bits per heavy atom. The van der Waals surface area contributed by atoms with Crippen molar-refractivity contribution in [2.45, 2.75) is 0 Å². The number of hydrogen-bond donors (Lipinski definition) is 0. The Labute approximate surface area is 65.4 Å². The molecule has 4 nitrogen and oxygen atoms in total. The second kappa shape index (κ2) is 5.61. The molecule has 0 aliphatic heterocycles. The van der Waals surface area contributed by atoms with Crippen LogP contribution in [0.25, 0.3) is 0 Å². The minimum atomic E-state index is -0.406. The summed E-state index contributed by atoms with van der Waals surface area (Å²) in [5.41, 5.74) is 0. The zero-order valence-electron chi connectivity index (χ0n) is 6.45. The highest BCUT2D eigenvalue weighted by Crippen LogP contribution is 1.85. The lowest BCUT2D eigenvalue weighted by molar-refractivity contribution is -0.135. The van der Waals surface area contributed by atoms with E-state index >= 15 is 0 Å². The van der Waals surface area contributed by atoms with Gasteiger partial charge in [0.1, 0.15) is 0 Å². The molecule has 0 heterocycles. The average Bonchev–Trinajstić information content (AvgIpc) is 2.05. The fourth-order valence-electron chi connectivity index (χ4n) is 0.522. The van der Waals surface area contributed by atoms with Gasteiger partial charge in [0.2, 0.25) is 6.41 Å². The smallest absolute Gasteiger partial charge is 0.252 e. The Balaban J connectivity index is 3.84. The van der Waals surface area contributed by atoms with Crippen molar-refractivity contribution in [3.8, 4) is 0 Å². The maximum Gasteiger partial charge on any atom is 0.252 e. The molecule has 0 atom stereocenters. The molecule has 0 bridgehead atoms. The van der Waals surface area contributed by atoms with E-state index < -0.39 is 5.91 Å². The van der Waals surface area contributed by atoms with Gasteiger partial charge in [0.25, 0.3) is 5.91 Å². The zero-order chi connectivity index (χ0) is 8.69. The van der Waals surface area contributed by atoms with Gasteiger partial charge in [-0.1, -0.05) is 6.58 Å². The van der Waals surface area contributed by atoms with Crippen molar-refractivity contribution in [2.75, 3.05) is 20.3 Å². The number of imide groups is 1. The highest BCUT2D eigenvalue weighted by molar-refractivity contribution is 5.94. The van der Waals surface area contributed by atoms with E-state index in [1.807, 2.05) is 0 Å². The maximum absolute atomic E-state index is 10.8. The van der Waals surface area contributed by atoms with Crippen molar-refractivity contribution < 1.29 is 14.3 Å². The van der Waals surface area contributed by atoms with Crippen molar-refractivity contribution in [2.24, 2.45) is 0 Å². The van der Waals surface area contributed by atoms with Crippen molar-refractivity contribution in [3.63, 3.8) is 0 Å². The van der Waals surface area contributed by atoms with Crippen molar-refractivity contribution in [1.82, 2.24) is 4.90 Å². The van der Waals surface area contributed by atoms with Gasteiger partial charge in [0, 0.05) is 7.11 Å². The van der Waals surface area contributed by atoms with Crippen molar-refractivity contribution in [1.29, 1.82) is 0 Å². The van der Waals surface area contributed by atoms with E-state index in [4.69, 9.17) is 0 Å². The van der Waals surface area contributed by atoms with Gasteiger partial charge in [0.15, 0.2) is 0 Å². The quantitative estimate of drug-likeness (QED) is 0.410. The molecule has 0 N–H and O–H groups in total. The summed E-state index contributed by atoms with van der Waals surface area (Å²) in [6, 6.07) is 0. The standard InChI is InChI=1S/C7H11NO3/c1-3-7(10)8(6-9)4-5-11-2/h3,6H,1,4-5H2,2H3. The molecule has 0 spiro atoms. The summed E-state index contributed by atoms with van der Waals surface area (Å²) >= 11 is 0. The summed E-state index contributed by atoms with van der Waals surface area (Å²) < 4.78 is 4.68. The summed E-state index contributed by atoms with van der Waals surface area (Å²) in [6.45, 7) is 3.86.